The number of hydrogen-bond acceptors (Lipinski definition) is 6. The Kier molecular flexibility index (Phi) is 6.86. The third kappa shape index (κ3) is 5.87. The van der Waals surface area contributed by atoms with Crippen molar-refractivity contribution in [2.45, 2.75) is 43.8 Å². The van der Waals surface area contributed by atoms with Crippen molar-refractivity contribution < 1.29 is 26.7 Å². The summed E-state index contributed by atoms with van der Waals surface area (Å²) in [5, 5.41) is 12.0. The average molecular weight is 432 g/mol. The topological polar surface area (TPSA) is 104 Å². The van der Waals surface area contributed by atoms with Crippen LogP contribution in [-0.2, 0) is 22.6 Å². The van der Waals surface area contributed by atoms with E-state index in [2.05, 4.69) is 20.0 Å². The van der Waals surface area contributed by atoms with Crippen molar-refractivity contribution in [2.24, 2.45) is 0 Å². The Morgan fingerprint density at radius 3 is 2.41 bits per heavy atom. The molecular formula is C18H23F3N4O3S. The Hall–Kier alpha value is -2.24. The minimum absolute atomic E-state index is 0.146. The predicted molar refractivity (Wildman–Crippen MR) is 102 cm³/mol. The van der Waals surface area contributed by atoms with Crippen molar-refractivity contribution in [1.29, 1.82) is 0 Å². The van der Waals surface area contributed by atoms with E-state index < -0.39 is 44.6 Å². The molecule has 0 aromatic carbocycles. The highest BCUT2D eigenvalue weighted by molar-refractivity contribution is 7.89. The number of pyridine rings is 2. The van der Waals surface area contributed by atoms with Gasteiger partial charge >= 0.3 is 6.18 Å². The van der Waals surface area contributed by atoms with E-state index in [0.717, 1.165) is 17.5 Å². The van der Waals surface area contributed by atoms with Crippen molar-refractivity contribution in [1.82, 2.24) is 14.7 Å². The van der Waals surface area contributed by atoms with Crippen LogP contribution in [0.3, 0.4) is 0 Å². The van der Waals surface area contributed by atoms with Gasteiger partial charge in [-0.25, -0.2) is 18.1 Å². The molecule has 0 aliphatic carbocycles. The number of alkyl halides is 3. The second-order valence-corrected chi connectivity index (χ2v) is 8.73. The highest BCUT2D eigenvalue weighted by Crippen LogP contribution is 2.37. The molecule has 2 rings (SSSR count). The molecule has 0 radical (unpaired) electrons. The fraction of sp³-hybridized carbons (Fsp3) is 0.444. The summed E-state index contributed by atoms with van der Waals surface area (Å²) < 4.78 is 68.2. The molecule has 11 heteroatoms. The predicted octanol–water partition coefficient (Wildman–Crippen LogP) is 2.51. The summed E-state index contributed by atoms with van der Waals surface area (Å²) >= 11 is 0. The maximum absolute atomic E-state index is 13.5. The summed E-state index contributed by atoms with van der Waals surface area (Å²) in [6.07, 6.45) is -1.98. The van der Waals surface area contributed by atoms with E-state index >= 15 is 0 Å². The zero-order valence-corrected chi connectivity index (χ0v) is 17.0. The van der Waals surface area contributed by atoms with Crippen LogP contribution in [-0.4, -0.2) is 42.2 Å². The molecule has 0 saturated heterocycles. The van der Waals surface area contributed by atoms with E-state index in [9.17, 15) is 26.7 Å². The molecule has 7 nitrogen and oxygen atoms in total. The number of anilines is 1. The van der Waals surface area contributed by atoms with Crippen LogP contribution in [0.5, 0.6) is 0 Å². The van der Waals surface area contributed by atoms with E-state index in [1.807, 2.05) is 6.07 Å². The average Bonchev–Trinajstić information content (AvgIpc) is 2.61. The molecule has 2 aromatic rings. The molecule has 0 atom stereocenters. The number of nitrogens with one attached hydrogen (secondary N) is 2. The Bertz CT molecular complexity index is 963. The molecular weight excluding hydrogens is 409 g/mol. The van der Waals surface area contributed by atoms with Gasteiger partial charge in [-0.15, -0.1) is 0 Å². The first-order chi connectivity index (χ1) is 13.4. The summed E-state index contributed by atoms with van der Waals surface area (Å²) in [5.41, 5.74) is -1.06. The Labute approximate surface area is 167 Å². The van der Waals surface area contributed by atoms with Crippen LogP contribution in [0, 0.1) is 6.92 Å². The van der Waals surface area contributed by atoms with Crippen LogP contribution < -0.4 is 10.0 Å². The number of nitrogens with zero attached hydrogens (tertiary/aromatic N) is 2. The number of aliphatic hydroxyl groups is 1. The number of aromatic nitrogens is 2. The molecule has 0 saturated carbocycles. The van der Waals surface area contributed by atoms with Gasteiger partial charge in [0.1, 0.15) is 10.7 Å². The van der Waals surface area contributed by atoms with E-state index in [1.54, 1.807) is 19.2 Å². The second-order valence-electron chi connectivity index (χ2n) is 7.11. The SMILES string of the molecule is Cc1ncccc1CCNc1nccc(C(F)(F)F)c1S(=O)(=O)NC(C)(C)CO. The van der Waals surface area contributed by atoms with Crippen molar-refractivity contribution in [3.05, 3.63) is 47.4 Å². The van der Waals surface area contributed by atoms with Crippen LogP contribution in [0.2, 0.25) is 0 Å². The maximum atomic E-state index is 13.5. The summed E-state index contributed by atoms with van der Waals surface area (Å²) in [6.45, 7) is 4.05. The van der Waals surface area contributed by atoms with Gasteiger partial charge < -0.3 is 10.4 Å². The van der Waals surface area contributed by atoms with Gasteiger partial charge in [0.05, 0.1) is 17.7 Å². The monoisotopic (exact) mass is 432 g/mol. The molecule has 0 amide bonds. The standard InChI is InChI=1S/C18H23F3N4O3S/c1-12-13(5-4-8-22-12)6-9-23-16-15(14(7-10-24-16)18(19,20)21)29(27,28)25-17(2,3)11-26/h4-5,7-8,10,25-26H,6,9,11H2,1-3H3,(H,23,24). The van der Waals surface area contributed by atoms with Gasteiger partial charge in [-0.2, -0.15) is 13.2 Å². The lowest BCUT2D eigenvalue weighted by Gasteiger charge is -2.25. The van der Waals surface area contributed by atoms with E-state index in [0.29, 0.717) is 12.5 Å². The van der Waals surface area contributed by atoms with Crippen molar-refractivity contribution in [3.8, 4) is 0 Å². The number of aryl methyl sites for hydroxylation is 1. The van der Waals surface area contributed by atoms with Crippen molar-refractivity contribution >= 4 is 15.8 Å². The minimum Gasteiger partial charge on any atom is -0.394 e. The van der Waals surface area contributed by atoms with Gasteiger partial charge in [-0.05, 0) is 44.9 Å². The summed E-state index contributed by atoms with van der Waals surface area (Å²) in [4.78, 5) is 6.95. The van der Waals surface area contributed by atoms with Crippen LogP contribution >= 0.6 is 0 Å². The fourth-order valence-electron chi connectivity index (χ4n) is 2.61. The van der Waals surface area contributed by atoms with Crippen LogP contribution in [0.1, 0.15) is 30.7 Å². The molecule has 0 unspecified atom stereocenters. The minimum atomic E-state index is -4.91. The molecule has 0 aliphatic heterocycles. The molecule has 3 N–H and O–H groups in total. The van der Waals surface area contributed by atoms with E-state index in [4.69, 9.17) is 0 Å². The molecule has 0 fully saturated rings. The normalized spacial score (nSPS) is 12.8. The lowest BCUT2D eigenvalue weighted by Crippen LogP contribution is -2.46. The number of rotatable bonds is 8. The first-order valence-corrected chi connectivity index (χ1v) is 10.2. The summed E-state index contributed by atoms with van der Waals surface area (Å²) in [5.74, 6) is -0.414. The first-order valence-electron chi connectivity index (χ1n) is 8.73. The largest absolute Gasteiger partial charge is 0.417 e. The van der Waals surface area contributed by atoms with Gasteiger partial charge in [-0.1, -0.05) is 6.07 Å². The molecule has 0 bridgehead atoms. The lowest BCUT2D eigenvalue weighted by atomic mass is 10.1. The molecule has 160 valence electrons. The highest BCUT2D eigenvalue weighted by Gasteiger charge is 2.40. The zero-order valence-electron chi connectivity index (χ0n) is 16.2. The summed E-state index contributed by atoms with van der Waals surface area (Å²) in [6, 6.07) is 4.17. The van der Waals surface area contributed by atoms with E-state index in [-0.39, 0.29) is 6.54 Å². The van der Waals surface area contributed by atoms with Crippen LogP contribution in [0.15, 0.2) is 35.5 Å². The number of aliphatic hydroxyl groups excluding tert-OH is 1. The van der Waals surface area contributed by atoms with Gasteiger partial charge in [0, 0.05) is 24.6 Å². The zero-order chi connectivity index (χ0) is 21.9. The third-order valence-corrected chi connectivity index (χ3v) is 5.86. The molecule has 0 aliphatic rings. The van der Waals surface area contributed by atoms with Crippen molar-refractivity contribution in [2.75, 3.05) is 18.5 Å². The quantitative estimate of drug-likeness (QED) is 0.592. The van der Waals surface area contributed by atoms with Crippen molar-refractivity contribution in [3.63, 3.8) is 0 Å². The van der Waals surface area contributed by atoms with Gasteiger partial charge in [0.25, 0.3) is 0 Å². The third-order valence-electron chi connectivity index (χ3n) is 4.09. The highest BCUT2D eigenvalue weighted by atomic mass is 32.2. The Balaban J connectivity index is 2.41. The molecule has 0 spiro atoms. The number of hydrogen-bond donors (Lipinski definition) is 3. The number of sulfonamides is 1. The molecule has 29 heavy (non-hydrogen) atoms. The molecule has 2 aromatic heterocycles. The van der Waals surface area contributed by atoms with Crippen LogP contribution in [0.4, 0.5) is 19.0 Å². The molecule has 2 heterocycles. The van der Waals surface area contributed by atoms with Gasteiger partial charge in [0.2, 0.25) is 10.0 Å². The van der Waals surface area contributed by atoms with Crippen LogP contribution in [0.25, 0.3) is 0 Å². The first kappa shape index (κ1) is 23.0. The Morgan fingerprint density at radius 1 is 1.14 bits per heavy atom. The lowest BCUT2D eigenvalue weighted by molar-refractivity contribution is -0.139. The fourth-order valence-corrected chi connectivity index (χ4v) is 4.36. The van der Waals surface area contributed by atoms with Gasteiger partial charge in [-0.3, -0.25) is 4.98 Å². The smallest absolute Gasteiger partial charge is 0.394 e. The number of halogens is 3. The van der Waals surface area contributed by atoms with Gasteiger partial charge in [0.15, 0.2) is 0 Å². The maximum Gasteiger partial charge on any atom is 0.417 e. The van der Waals surface area contributed by atoms with E-state index in [1.165, 1.54) is 13.8 Å². The summed E-state index contributed by atoms with van der Waals surface area (Å²) in [7, 11) is -4.65. The second kappa shape index (κ2) is 8.64. The Morgan fingerprint density at radius 2 is 1.83 bits per heavy atom.